The highest BCUT2D eigenvalue weighted by atomic mass is 32.2. The SMILES string of the molecule is NC(CCCCNS(=O)(=O)CCc1ccccn1)=NO. The molecule has 1 heterocycles. The number of unbranched alkanes of at least 4 members (excludes halogenated alkanes) is 1. The second kappa shape index (κ2) is 8.49. The van der Waals surface area contributed by atoms with E-state index in [0.717, 1.165) is 5.69 Å². The third-order valence-corrected chi connectivity index (χ3v) is 4.05. The van der Waals surface area contributed by atoms with Crippen molar-refractivity contribution in [1.29, 1.82) is 0 Å². The third-order valence-electron chi connectivity index (χ3n) is 2.66. The molecule has 0 aliphatic rings. The highest BCUT2D eigenvalue weighted by molar-refractivity contribution is 7.89. The van der Waals surface area contributed by atoms with E-state index in [4.69, 9.17) is 10.9 Å². The van der Waals surface area contributed by atoms with Crippen LogP contribution in [0, 0.1) is 0 Å². The molecule has 1 aromatic rings. The lowest BCUT2D eigenvalue weighted by Crippen LogP contribution is -2.28. The van der Waals surface area contributed by atoms with Gasteiger partial charge in [0.05, 0.1) is 5.75 Å². The summed E-state index contributed by atoms with van der Waals surface area (Å²) in [5.74, 6) is 0.174. The van der Waals surface area contributed by atoms with Gasteiger partial charge in [0.2, 0.25) is 10.0 Å². The number of aromatic nitrogens is 1. The van der Waals surface area contributed by atoms with Crippen molar-refractivity contribution in [1.82, 2.24) is 9.71 Å². The van der Waals surface area contributed by atoms with Crippen LogP contribution in [0.4, 0.5) is 0 Å². The maximum Gasteiger partial charge on any atom is 0.211 e. The van der Waals surface area contributed by atoms with Gasteiger partial charge >= 0.3 is 0 Å². The van der Waals surface area contributed by atoms with E-state index in [-0.39, 0.29) is 11.6 Å². The van der Waals surface area contributed by atoms with E-state index in [9.17, 15) is 8.42 Å². The molecule has 0 spiro atoms. The van der Waals surface area contributed by atoms with Crippen molar-refractivity contribution in [3.63, 3.8) is 0 Å². The first-order valence-corrected chi connectivity index (χ1v) is 8.02. The number of hydrogen-bond acceptors (Lipinski definition) is 5. The number of nitrogens with one attached hydrogen (secondary N) is 1. The van der Waals surface area contributed by atoms with Crippen LogP contribution in [0.15, 0.2) is 29.6 Å². The Hall–Kier alpha value is -1.67. The van der Waals surface area contributed by atoms with Gasteiger partial charge in [-0.05, 0) is 25.0 Å². The Morgan fingerprint density at radius 3 is 2.85 bits per heavy atom. The maximum atomic E-state index is 11.7. The van der Waals surface area contributed by atoms with E-state index in [1.165, 1.54) is 0 Å². The molecule has 0 unspecified atom stereocenters. The van der Waals surface area contributed by atoms with Gasteiger partial charge in [-0.3, -0.25) is 4.98 Å². The summed E-state index contributed by atoms with van der Waals surface area (Å²) in [5, 5.41) is 11.2. The quantitative estimate of drug-likeness (QED) is 0.201. The predicted octanol–water partition coefficient (Wildman–Crippen LogP) is 0.460. The lowest BCUT2D eigenvalue weighted by Gasteiger charge is -2.06. The first-order chi connectivity index (χ1) is 9.53. The highest BCUT2D eigenvalue weighted by Crippen LogP contribution is 1.99. The Labute approximate surface area is 118 Å². The fourth-order valence-corrected chi connectivity index (χ4v) is 2.64. The first-order valence-electron chi connectivity index (χ1n) is 6.37. The summed E-state index contributed by atoms with van der Waals surface area (Å²) < 4.78 is 26.0. The number of nitrogens with two attached hydrogens (primary N) is 1. The fourth-order valence-electron chi connectivity index (χ4n) is 1.57. The summed E-state index contributed by atoms with van der Waals surface area (Å²) in [6.07, 6.45) is 3.78. The van der Waals surface area contributed by atoms with Crippen LogP contribution in [0.2, 0.25) is 0 Å². The molecule has 8 heteroatoms. The number of nitrogens with zero attached hydrogens (tertiary/aromatic N) is 2. The summed E-state index contributed by atoms with van der Waals surface area (Å²) in [6.45, 7) is 0.350. The van der Waals surface area contributed by atoms with Gasteiger partial charge in [0, 0.05) is 31.3 Å². The van der Waals surface area contributed by atoms with Gasteiger partial charge < -0.3 is 10.9 Å². The van der Waals surface area contributed by atoms with Crippen LogP contribution in [0.1, 0.15) is 25.0 Å². The molecule has 0 radical (unpaired) electrons. The lowest BCUT2D eigenvalue weighted by atomic mass is 10.2. The van der Waals surface area contributed by atoms with Crippen molar-refractivity contribution in [2.24, 2.45) is 10.9 Å². The minimum atomic E-state index is -3.29. The van der Waals surface area contributed by atoms with Crippen LogP contribution in [0.5, 0.6) is 0 Å². The van der Waals surface area contributed by atoms with Crippen molar-refractivity contribution in [2.75, 3.05) is 12.3 Å². The molecule has 1 rings (SSSR count). The average Bonchev–Trinajstić information content (AvgIpc) is 2.45. The van der Waals surface area contributed by atoms with Crippen LogP contribution in [0.3, 0.4) is 0 Å². The van der Waals surface area contributed by atoms with E-state index in [1.807, 2.05) is 6.07 Å². The van der Waals surface area contributed by atoms with Crippen molar-refractivity contribution in [2.45, 2.75) is 25.7 Å². The summed E-state index contributed by atoms with van der Waals surface area (Å²) in [7, 11) is -3.29. The Kier molecular flexibility index (Phi) is 6.96. The van der Waals surface area contributed by atoms with Gasteiger partial charge in [-0.15, -0.1) is 0 Å². The third kappa shape index (κ3) is 7.05. The van der Waals surface area contributed by atoms with Crippen LogP contribution in [-0.4, -0.2) is 36.7 Å². The van der Waals surface area contributed by atoms with E-state index in [0.29, 0.717) is 32.2 Å². The van der Waals surface area contributed by atoms with E-state index < -0.39 is 10.0 Å². The first kappa shape index (κ1) is 16.4. The topological polar surface area (TPSA) is 118 Å². The van der Waals surface area contributed by atoms with Crippen molar-refractivity contribution >= 4 is 15.9 Å². The van der Waals surface area contributed by atoms with Gasteiger partial charge in [0.1, 0.15) is 5.84 Å². The largest absolute Gasteiger partial charge is 0.409 e. The number of sulfonamides is 1. The molecule has 0 saturated heterocycles. The number of oxime groups is 1. The Morgan fingerprint density at radius 1 is 1.40 bits per heavy atom. The fraction of sp³-hybridized carbons (Fsp3) is 0.500. The Bertz CT molecular complexity index is 517. The molecule has 0 aliphatic heterocycles. The van der Waals surface area contributed by atoms with Crippen LogP contribution < -0.4 is 10.5 Å². The smallest absolute Gasteiger partial charge is 0.211 e. The summed E-state index contributed by atoms with van der Waals surface area (Å²) >= 11 is 0. The number of rotatable bonds is 9. The highest BCUT2D eigenvalue weighted by Gasteiger charge is 2.09. The molecule has 0 saturated carbocycles. The molecule has 0 aliphatic carbocycles. The second-order valence-corrected chi connectivity index (χ2v) is 6.26. The van der Waals surface area contributed by atoms with Gasteiger partial charge in [0.15, 0.2) is 0 Å². The van der Waals surface area contributed by atoms with E-state index in [2.05, 4.69) is 14.9 Å². The molecule has 7 nitrogen and oxygen atoms in total. The predicted molar refractivity (Wildman–Crippen MR) is 77.0 cm³/mol. The van der Waals surface area contributed by atoms with Crippen LogP contribution in [-0.2, 0) is 16.4 Å². The summed E-state index contributed by atoms with van der Waals surface area (Å²) in [6, 6.07) is 5.42. The lowest BCUT2D eigenvalue weighted by molar-refractivity contribution is 0.316. The monoisotopic (exact) mass is 300 g/mol. The van der Waals surface area contributed by atoms with E-state index >= 15 is 0 Å². The maximum absolute atomic E-state index is 11.7. The van der Waals surface area contributed by atoms with Gasteiger partial charge in [-0.25, -0.2) is 13.1 Å². The number of aryl methyl sites for hydroxylation is 1. The van der Waals surface area contributed by atoms with Crippen LogP contribution in [0.25, 0.3) is 0 Å². The Balaban J connectivity index is 2.22. The molecular formula is C12H20N4O3S. The number of hydrogen-bond donors (Lipinski definition) is 3. The molecule has 0 amide bonds. The molecule has 0 atom stereocenters. The molecule has 112 valence electrons. The molecule has 1 aromatic heterocycles. The van der Waals surface area contributed by atoms with Crippen molar-refractivity contribution in [3.8, 4) is 0 Å². The minimum Gasteiger partial charge on any atom is -0.409 e. The van der Waals surface area contributed by atoms with Gasteiger partial charge in [0.25, 0.3) is 0 Å². The van der Waals surface area contributed by atoms with Crippen molar-refractivity contribution < 1.29 is 13.6 Å². The molecule has 0 bridgehead atoms. The Morgan fingerprint density at radius 2 is 2.20 bits per heavy atom. The normalized spacial score (nSPS) is 12.5. The molecule has 0 fully saturated rings. The number of amidine groups is 1. The zero-order chi connectivity index (χ0) is 14.8. The number of pyridine rings is 1. The second-order valence-electron chi connectivity index (χ2n) is 4.33. The average molecular weight is 300 g/mol. The zero-order valence-electron chi connectivity index (χ0n) is 11.2. The summed E-state index contributed by atoms with van der Waals surface area (Å²) in [5.41, 5.74) is 6.06. The van der Waals surface area contributed by atoms with Crippen LogP contribution >= 0.6 is 0 Å². The summed E-state index contributed by atoms with van der Waals surface area (Å²) in [4.78, 5) is 4.08. The van der Waals surface area contributed by atoms with Crippen molar-refractivity contribution in [3.05, 3.63) is 30.1 Å². The molecule has 0 aromatic carbocycles. The molecule has 20 heavy (non-hydrogen) atoms. The zero-order valence-corrected chi connectivity index (χ0v) is 12.0. The standard InChI is InChI=1S/C12H20N4O3S/c13-12(16-17)6-2-4-9-15-20(18,19)10-7-11-5-1-3-8-14-11/h1,3,5,8,15,17H,2,4,6-7,9-10H2,(H2,13,16). The van der Waals surface area contributed by atoms with E-state index in [1.54, 1.807) is 18.3 Å². The minimum absolute atomic E-state index is 0.0181. The van der Waals surface area contributed by atoms with Gasteiger partial charge in [-0.2, -0.15) is 0 Å². The molecular weight excluding hydrogens is 280 g/mol. The van der Waals surface area contributed by atoms with Gasteiger partial charge in [-0.1, -0.05) is 11.2 Å². The molecule has 4 N–H and O–H groups in total.